The van der Waals surface area contributed by atoms with E-state index in [1.807, 2.05) is 12.1 Å². The molecule has 8 nitrogen and oxygen atoms in total. The van der Waals surface area contributed by atoms with Crippen LogP contribution in [0, 0.1) is 0 Å². The molecule has 0 amide bonds. The highest BCUT2D eigenvalue weighted by Crippen LogP contribution is 2.38. The number of carbonyl (C=O) groups is 1. The third kappa shape index (κ3) is 9.19. The Morgan fingerprint density at radius 3 is 1.84 bits per heavy atom. The fourth-order valence-electron chi connectivity index (χ4n) is 3.10. The van der Waals surface area contributed by atoms with Gasteiger partial charge in [0, 0.05) is 39.3 Å². The summed E-state index contributed by atoms with van der Waals surface area (Å²) in [6.07, 6.45) is -3.12. The number of aliphatic carboxylic acids is 1. The Hall–Kier alpha value is -2.24. The lowest BCUT2D eigenvalue weighted by Crippen LogP contribution is -2.46. The number of carboxylic acid groups (broad SMARTS) is 1. The van der Waals surface area contributed by atoms with Crippen molar-refractivity contribution < 1.29 is 42.4 Å². The van der Waals surface area contributed by atoms with Crippen molar-refractivity contribution in [3.63, 3.8) is 0 Å². The van der Waals surface area contributed by atoms with E-state index in [1.165, 1.54) is 5.56 Å². The van der Waals surface area contributed by atoms with Gasteiger partial charge < -0.3 is 29.3 Å². The highest BCUT2D eigenvalue weighted by Gasteiger charge is 2.38. The maximum absolute atomic E-state index is 10.6. The van der Waals surface area contributed by atoms with Crippen LogP contribution >= 0.6 is 0 Å². The standard InChI is InChI=1S/C18H30N2O4.C2HF3O2/c1-22-16-12-15(13-17(23-2)18(16)24-3)14-20-9-7-19(8-10-20)6-4-5-11-21;3-2(4,5)1(6)7/h12-13,21H,4-11,14H2,1-3H3;(H,6,7). The van der Waals surface area contributed by atoms with Crippen LogP contribution in [-0.2, 0) is 11.3 Å². The van der Waals surface area contributed by atoms with Gasteiger partial charge >= 0.3 is 12.1 Å². The highest BCUT2D eigenvalue weighted by atomic mass is 19.4. The number of carboxylic acids is 1. The summed E-state index contributed by atoms with van der Waals surface area (Å²) in [4.78, 5) is 13.8. The largest absolute Gasteiger partial charge is 0.493 e. The number of alkyl halides is 3. The monoisotopic (exact) mass is 452 g/mol. The van der Waals surface area contributed by atoms with Gasteiger partial charge in [0.25, 0.3) is 0 Å². The number of halogens is 3. The molecule has 11 heteroatoms. The van der Waals surface area contributed by atoms with Crippen LogP contribution in [0.4, 0.5) is 13.2 Å². The van der Waals surface area contributed by atoms with Crippen molar-refractivity contribution in [3.05, 3.63) is 17.7 Å². The molecule has 2 rings (SSSR count). The summed E-state index contributed by atoms with van der Waals surface area (Å²) in [6.45, 7) is 6.51. The third-order valence-corrected chi connectivity index (χ3v) is 4.72. The van der Waals surface area contributed by atoms with Gasteiger partial charge in [0.05, 0.1) is 21.3 Å². The van der Waals surface area contributed by atoms with E-state index in [0.29, 0.717) is 23.9 Å². The maximum Gasteiger partial charge on any atom is 0.490 e. The van der Waals surface area contributed by atoms with Crippen molar-refractivity contribution >= 4 is 5.97 Å². The number of rotatable bonds is 9. The number of unbranched alkanes of at least 4 members (excludes halogenated alkanes) is 1. The number of hydrogen-bond donors (Lipinski definition) is 2. The number of ether oxygens (including phenoxy) is 3. The molecule has 1 saturated heterocycles. The summed E-state index contributed by atoms with van der Waals surface area (Å²) >= 11 is 0. The van der Waals surface area contributed by atoms with Crippen molar-refractivity contribution in [3.8, 4) is 17.2 Å². The van der Waals surface area contributed by atoms with Gasteiger partial charge in [-0.15, -0.1) is 0 Å². The smallest absolute Gasteiger partial charge is 0.490 e. The average Bonchev–Trinajstić information content (AvgIpc) is 2.74. The maximum atomic E-state index is 10.6. The van der Waals surface area contributed by atoms with Gasteiger partial charge in [0.2, 0.25) is 5.75 Å². The van der Waals surface area contributed by atoms with Crippen LogP contribution in [-0.4, -0.2) is 92.8 Å². The fraction of sp³-hybridized carbons (Fsp3) is 0.650. The molecule has 0 aliphatic carbocycles. The predicted octanol–water partition coefficient (Wildman–Crippen LogP) is 2.24. The van der Waals surface area contributed by atoms with E-state index in [9.17, 15) is 13.2 Å². The van der Waals surface area contributed by atoms with Crippen LogP contribution in [0.5, 0.6) is 17.2 Å². The molecule has 1 aliphatic rings. The minimum absolute atomic E-state index is 0.293. The second-order valence-corrected chi connectivity index (χ2v) is 6.89. The Kier molecular flexibility index (Phi) is 11.4. The van der Waals surface area contributed by atoms with Gasteiger partial charge in [-0.2, -0.15) is 13.2 Å². The second-order valence-electron chi connectivity index (χ2n) is 6.89. The van der Waals surface area contributed by atoms with Gasteiger partial charge in [-0.25, -0.2) is 4.79 Å². The molecule has 1 heterocycles. The lowest BCUT2D eigenvalue weighted by molar-refractivity contribution is -0.192. The Bertz CT molecular complexity index is 654. The van der Waals surface area contributed by atoms with Crippen molar-refractivity contribution in [2.75, 3.05) is 60.7 Å². The van der Waals surface area contributed by atoms with Gasteiger partial charge in [0.15, 0.2) is 11.5 Å². The number of aliphatic hydroxyl groups excluding tert-OH is 1. The van der Waals surface area contributed by atoms with Crippen molar-refractivity contribution in [2.24, 2.45) is 0 Å². The number of aliphatic hydroxyl groups is 1. The molecule has 0 saturated carbocycles. The normalized spacial score (nSPS) is 15.1. The number of benzene rings is 1. The molecule has 1 fully saturated rings. The van der Waals surface area contributed by atoms with Crippen molar-refractivity contribution in [1.82, 2.24) is 9.80 Å². The number of methoxy groups -OCH3 is 3. The molecular weight excluding hydrogens is 421 g/mol. The van der Waals surface area contributed by atoms with E-state index in [2.05, 4.69) is 9.80 Å². The second kappa shape index (κ2) is 13.2. The molecule has 31 heavy (non-hydrogen) atoms. The summed E-state index contributed by atoms with van der Waals surface area (Å²) < 4.78 is 48.0. The first-order valence-corrected chi connectivity index (χ1v) is 9.80. The van der Waals surface area contributed by atoms with Gasteiger partial charge in [-0.05, 0) is 37.1 Å². The lowest BCUT2D eigenvalue weighted by atomic mass is 10.1. The van der Waals surface area contributed by atoms with E-state index >= 15 is 0 Å². The molecule has 0 aromatic heterocycles. The molecule has 1 aromatic carbocycles. The zero-order valence-electron chi connectivity index (χ0n) is 18.1. The molecule has 2 N–H and O–H groups in total. The molecule has 0 atom stereocenters. The highest BCUT2D eigenvalue weighted by molar-refractivity contribution is 5.73. The van der Waals surface area contributed by atoms with Crippen molar-refractivity contribution in [2.45, 2.75) is 25.6 Å². The molecule has 0 radical (unpaired) electrons. The van der Waals surface area contributed by atoms with Gasteiger partial charge in [-0.1, -0.05) is 0 Å². The Morgan fingerprint density at radius 1 is 0.968 bits per heavy atom. The third-order valence-electron chi connectivity index (χ3n) is 4.72. The molecule has 0 unspecified atom stereocenters. The Balaban J connectivity index is 0.000000592. The first-order chi connectivity index (χ1) is 14.7. The topological polar surface area (TPSA) is 91.7 Å². The van der Waals surface area contributed by atoms with Gasteiger partial charge in [-0.3, -0.25) is 4.90 Å². The molecule has 0 bridgehead atoms. The van der Waals surface area contributed by atoms with Gasteiger partial charge in [0.1, 0.15) is 0 Å². The van der Waals surface area contributed by atoms with Crippen LogP contribution in [0.25, 0.3) is 0 Å². The number of nitrogens with zero attached hydrogens (tertiary/aromatic N) is 2. The molecule has 178 valence electrons. The SMILES string of the molecule is COc1cc(CN2CCN(CCCCO)CC2)cc(OC)c1OC.O=C(O)C(F)(F)F. The van der Waals surface area contributed by atoms with E-state index in [-0.39, 0.29) is 0 Å². The van der Waals surface area contributed by atoms with E-state index < -0.39 is 12.1 Å². The van der Waals surface area contributed by atoms with E-state index in [1.54, 1.807) is 21.3 Å². The Labute approximate surface area is 180 Å². The molecule has 1 aliphatic heterocycles. The van der Waals surface area contributed by atoms with Crippen molar-refractivity contribution in [1.29, 1.82) is 0 Å². The summed E-state index contributed by atoms with van der Waals surface area (Å²) in [5, 5.41) is 16.0. The molecule has 1 aromatic rings. The first kappa shape index (κ1) is 26.8. The minimum Gasteiger partial charge on any atom is -0.493 e. The number of piperazine rings is 1. The van der Waals surface area contributed by atoms with Crippen LogP contribution in [0.1, 0.15) is 18.4 Å². The summed E-state index contributed by atoms with van der Waals surface area (Å²) in [5.41, 5.74) is 1.17. The van der Waals surface area contributed by atoms with Crippen LogP contribution in [0.15, 0.2) is 12.1 Å². The predicted molar refractivity (Wildman–Crippen MR) is 108 cm³/mol. The fourth-order valence-corrected chi connectivity index (χ4v) is 3.10. The van der Waals surface area contributed by atoms with Crippen LogP contribution in [0.3, 0.4) is 0 Å². The molecule has 0 spiro atoms. The Morgan fingerprint density at radius 2 is 1.45 bits per heavy atom. The average molecular weight is 452 g/mol. The quantitative estimate of drug-likeness (QED) is 0.552. The lowest BCUT2D eigenvalue weighted by Gasteiger charge is -2.34. The van der Waals surface area contributed by atoms with Crippen LogP contribution < -0.4 is 14.2 Å². The minimum atomic E-state index is -5.08. The summed E-state index contributed by atoms with van der Waals surface area (Å²) in [7, 11) is 4.91. The first-order valence-electron chi connectivity index (χ1n) is 9.80. The number of hydrogen-bond acceptors (Lipinski definition) is 7. The summed E-state index contributed by atoms with van der Waals surface area (Å²) in [5.74, 6) is -0.714. The zero-order valence-corrected chi connectivity index (χ0v) is 18.1. The van der Waals surface area contributed by atoms with E-state index in [4.69, 9.17) is 29.2 Å². The molecular formula is C20H31F3N2O6. The van der Waals surface area contributed by atoms with Crippen LogP contribution in [0.2, 0.25) is 0 Å². The van der Waals surface area contributed by atoms with E-state index in [0.717, 1.165) is 52.1 Å². The summed E-state index contributed by atoms with van der Waals surface area (Å²) in [6, 6.07) is 4.05. The zero-order chi connectivity index (χ0) is 23.4.